The maximum Gasteiger partial charge on any atom is 0.408 e. The molecule has 0 atom stereocenters. The fourth-order valence-corrected chi connectivity index (χ4v) is 6.11. The lowest BCUT2D eigenvalue weighted by Crippen LogP contribution is -2.57. The van der Waals surface area contributed by atoms with Crippen molar-refractivity contribution in [1.82, 2.24) is 19.9 Å². The Morgan fingerprint density at radius 2 is 1.79 bits per heavy atom. The number of alkyl carbamates (subject to hydrolysis) is 1. The van der Waals surface area contributed by atoms with Crippen molar-refractivity contribution in [3.63, 3.8) is 0 Å². The molecular weight excluding hydrogens is 456 g/mol. The van der Waals surface area contributed by atoms with E-state index < -0.39 is 27.3 Å². The molecule has 1 aliphatic carbocycles. The van der Waals surface area contributed by atoms with Crippen LogP contribution in [0.25, 0.3) is 0 Å². The van der Waals surface area contributed by atoms with E-state index in [1.807, 2.05) is 20.8 Å². The van der Waals surface area contributed by atoms with Crippen molar-refractivity contribution in [1.29, 1.82) is 0 Å². The normalized spacial score (nSPS) is 20.2. The first kappa shape index (κ1) is 26.4. The topological polar surface area (TPSA) is 118 Å². The number of carbonyl (C=O) groups excluding carboxylic acids is 2. The Bertz CT molecular complexity index is 930. The first-order valence-electron chi connectivity index (χ1n) is 12.2. The van der Waals surface area contributed by atoms with Crippen LogP contribution in [0.2, 0.25) is 0 Å². The first-order valence-corrected chi connectivity index (χ1v) is 13.6. The predicted octanol–water partition coefficient (Wildman–Crippen LogP) is 3.22. The molecule has 0 spiro atoms. The molecular formula is C24H38N4O5S. The minimum Gasteiger partial charge on any atom is -0.444 e. The minimum atomic E-state index is -3.61. The number of hydrogen-bond donors (Lipinski definition) is 2. The molecule has 1 saturated carbocycles. The van der Waals surface area contributed by atoms with Gasteiger partial charge in [-0.15, -0.1) is 0 Å². The van der Waals surface area contributed by atoms with Crippen LogP contribution in [0, 0.1) is 5.92 Å². The number of nitrogens with zero attached hydrogens (tertiary/aromatic N) is 2. The molecule has 0 bridgehead atoms. The van der Waals surface area contributed by atoms with Gasteiger partial charge in [-0.2, -0.15) is 4.31 Å². The van der Waals surface area contributed by atoms with Crippen molar-refractivity contribution >= 4 is 22.0 Å². The molecule has 34 heavy (non-hydrogen) atoms. The standard InChI is InChI=1S/C24H38N4O5S/c1-23(2,3)33-22(30)27-24(12-6-4-5-7-13-24)18-26-21(29)19-10-15-28(16-11-19)34(31,32)20-9-8-14-25-17-20/h8-9,14,17,19H,4-7,10-13,15-16,18H2,1-3H3,(H,26,29)(H,27,30). The summed E-state index contributed by atoms with van der Waals surface area (Å²) in [4.78, 5) is 29.6. The monoisotopic (exact) mass is 494 g/mol. The van der Waals surface area contributed by atoms with E-state index in [1.54, 1.807) is 6.07 Å². The summed E-state index contributed by atoms with van der Waals surface area (Å²) in [6, 6.07) is 3.13. The van der Waals surface area contributed by atoms with E-state index in [2.05, 4.69) is 15.6 Å². The minimum absolute atomic E-state index is 0.0898. The Morgan fingerprint density at radius 3 is 2.35 bits per heavy atom. The predicted molar refractivity (Wildman–Crippen MR) is 129 cm³/mol. The third-order valence-corrected chi connectivity index (χ3v) is 8.41. The SMILES string of the molecule is CC(C)(C)OC(=O)NC1(CNC(=O)C2CCN(S(=O)(=O)c3cccnc3)CC2)CCCCCC1. The smallest absolute Gasteiger partial charge is 0.408 e. The zero-order valence-electron chi connectivity index (χ0n) is 20.5. The van der Waals surface area contributed by atoms with Gasteiger partial charge in [0.15, 0.2) is 0 Å². The number of carbonyl (C=O) groups is 2. The summed E-state index contributed by atoms with van der Waals surface area (Å²) in [5.74, 6) is -0.349. The van der Waals surface area contributed by atoms with Crippen LogP contribution in [0.3, 0.4) is 0 Å². The molecule has 0 unspecified atom stereocenters. The van der Waals surface area contributed by atoms with Gasteiger partial charge < -0.3 is 15.4 Å². The molecule has 1 aliphatic heterocycles. The van der Waals surface area contributed by atoms with Crippen molar-refractivity contribution in [2.75, 3.05) is 19.6 Å². The molecule has 2 aliphatic rings. The van der Waals surface area contributed by atoms with E-state index in [9.17, 15) is 18.0 Å². The number of aromatic nitrogens is 1. The van der Waals surface area contributed by atoms with Gasteiger partial charge in [0.05, 0.1) is 5.54 Å². The lowest BCUT2D eigenvalue weighted by Gasteiger charge is -2.36. The van der Waals surface area contributed by atoms with Crippen LogP contribution in [-0.4, -0.2) is 60.5 Å². The zero-order chi connectivity index (χ0) is 24.8. The number of nitrogens with one attached hydrogen (secondary N) is 2. The number of amides is 2. The second-order valence-electron chi connectivity index (χ2n) is 10.4. The molecule has 2 N–H and O–H groups in total. The average molecular weight is 495 g/mol. The van der Waals surface area contributed by atoms with Crippen molar-refractivity contribution < 1.29 is 22.7 Å². The van der Waals surface area contributed by atoms with E-state index in [0.717, 1.165) is 38.5 Å². The van der Waals surface area contributed by atoms with Gasteiger partial charge >= 0.3 is 6.09 Å². The van der Waals surface area contributed by atoms with Crippen LogP contribution in [0.5, 0.6) is 0 Å². The van der Waals surface area contributed by atoms with Gasteiger partial charge in [-0.25, -0.2) is 13.2 Å². The molecule has 9 nitrogen and oxygen atoms in total. The largest absolute Gasteiger partial charge is 0.444 e. The maximum absolute atomic E-state index is 13.0. The highest BCUT2D eigenvalue weighted by Gasteiger charge is 2.37. The quantitative estimate of drug-likeness (QED) is 0.587. The van der Waals surface area contributed by atoms with Gasteiger partial charge in [0.25, 0.3) is 0 Å². The van der Waals surface area contributed by atoms with Gasteiger partial charge in [0, 0.05) is 37.9 Å². The third-order valence-electron chi connectivity index (χ3n) is 6.52. The van der Waals surface area contributed by atoms with Crippen LogP contribution < -0.4 is 10.6 Å². The van der Waals surface area contributed by atoms with Crippen molar-refractivity contribution in [3.8, 4) is 0 Å². The first-order chi connectivity index (χ1) is 16.0. The molecule has 2 amide bonds. The van der Waals surface area contributed by atoms with Crippen molar-refractivity contribution in [2.24, 2.45) is 5.92 Å². The van der Waals surface area contributed by atoms with E-state index in [4.69, 9.17) is 4.74 Å². The lowest BCUT2D eigenvalue weighted by molar-refractivity contribution is -0.126. The Balaban J connectivity index is 1.57. The summed E-state index contributed by atoms with van der Waals surface area (Å²) in [5, 5.41) is 6.12. The Morgan fingerprint density at radius 1 is 1.15 bits per heavy atom. The number of hydrogen-bond acceptors (Lipinski definition) is 6. The molecule has 1 saturated heterocycles. The van der Waals surface area contributed by atoms with Gasteiger partial charge in [-0.1, -0.05) is 25.7 Å². The van der Waals surface area contributed by atoms with E-state index in [0.29, 0.717) is 19.4 Å². The summed E-state index contributed by atoms with van der Waals surface area (Å²) in [6.45, 7) is 6.41. The van der Waals surface area contributed by atoms with E-state index >= 15 is 0 Å². The van der Waals surface area contributed by atoms with Crippen LogP contribution >= 0.6 is 0 Å². The Kier molecular flexibility index (Phi) is 8.57. The summed E-state index contributed by atoms with van der Waals surface area (Å²) in [6.07, 6.45) is 9.08. The molecule has 3 rings (SSSR count). The fraction of sp³-hybridized carbons (Fsp3) is 0.708. The van der Waals surface area contributed by atoms with E-state index in [1.165, 1.54) is 22.8 Å². The molecule has 190 valence electrons. The Hall–Kier alpha value is -2.20. The summed E-state index contributed by atoms with van der Waals surface area (Å²) in [5.41, 5.74) is -1.12. The second-order valence-corrected chi connectivity index (χ2v) is 12.3. The van der Waals surface area contributed by atoms with Crippen molar-refractivity contribution in [3.05, 3.63) is 24.5 Å². The Labute approximate surface area is 203 Å². The second kappa shape index (κ2) is 11.0. The summed E-state index contributed by atoms with van der Waals surface area (Å²) < 4.78 is 32.5. The van der Waals surface area contributed by atoms with Gasteiger partial charge in [-0.3, -0.25) is 9.78 Å². The number of sulfonamides is 1. The van der Waals surface area contributed by atoms with Crippen LogP contribution in [0.1, 0.15) is 72.1 Å². The van der Waals surface area contributed by atoms with E-state index in [-0.39, 0.29) is 29.8 Å². The van der Waals surface area contributed by atoms with Crippen molar-refractivity contribution in [2.45, 2.75) is 88.2 Å². The highest BCUT2D eigenvalue weighted by Crippen LogP contribution is 2.28. The fourth-order valence-electron chi connectivity index (χ4n) is 4.68. The number of ether oxygens (including phenoxy) is 1. The number of pyridine rings is 1. The molecule has 1 aromatic rings. The summed E-state index contributed by atoms with van der Waals surface area (Å²) >= 11 is 0. The maximum atomic E-state index is 13.0. The molecule has 0 aromatic carbocycles. The van der Waals surface area contributed by atoms with Gasteiger partial charge in [0.1, 0.15) is 10.5 Å². The zero-order valence-corrected chi connectivity index (χ0v) is 21.3. The highest BCUT2D eigenvalue weighted by molar-refractivity contribution is 7.89. The lowest BCUT2D eigenvalue weighted by atomic mass is 9.89. The van der Waals surface area contributed by atoms with Crippen LogP contribution in [0.15, 0.2) is 29.4 Å². The highest BCUT2D eigenvalue weighted by atomic mass is 32.2. The molecule has 0 radical (unpaired) electrons. The summed E-state index contributed by atoms with van der Waals surface area (Å²) in [7, 11) is -3.61. The third kappa shape index (κ3) is 7.15. The molecule has 2 heterocycles. The van der Waals surface area contributed by atoms with Crippen LogP contribution in [-0.2, 0) is 19.6 Å². The molecule has 10 heteroatoms. The number of piperidine rings is 1. The molecule has 2 fully saturated rings. The number of rotatable bonds is 6. The van der Waals surface area contributed by atoms with Crippen LogP contribution in [0.4, 0.5) is 4.79 Å². The van der Waals surface area contributed by atoms with Gasteiger partial charge in [-0.05, 0) is 58.6 Å². The molecule has 1 aromatic heterocycles. The average Bonchev–Trinajstić information content (AvgIpc) is 3.02. The van der Waals surface area contributed by atoms with Gasteiger partial charge in [0.2, 0.25) is 15.9 Å².